The quantitative estimate of drug-likeness (QED) is 0.242. The summed E-state index contributed by atoms with van der Waals surface area (Å²) in [6.45, 7) is 2.92. The van der Waals surface area contributed by atoms with E-state index in [1.165, 1.54) is 19.2 Å². The van der Waals surface area contributed by atoms with Crippen LogP contribution in [-0.2, 0) is 9.53 Å². The van der Waals surface area contributed by atoms with E-state index in [9.17, 15) is 24.7 Å². The molecule has 1 aromatic carbocycles. The van der Waals surface area contributed by atoms with Crippen LogP contribution in [-0.4, -0.2) is 69.7 Å². The molecule has 4 N–H and O–H groups in total. The molecule has 2 atom stereocenters. The van der Waals surface area contributed by atoms with Crippen LogP contribution in [0.4, 0.5) is 10.6 Å². The van der Waals surface area contributed by atoms with Gasteiger partial charge in [0.2, 0.25) is 0 Å². The second-order valence-corrected chi connectivity index (χ2v) is 8.18. The standard InChI is InChI=1S/C22H28N4O8/c1-12(2)26(31)22(30)34-14-5-4-13(6-14)17-9-20(25-24-17)23-21(29)11-33-19-8-15(32-3)7-18(28)16(19)10-27/h7-10,12-14,28,31H,4-6,11H2,1-3H3,(H2,23,24,25,29)/t13-,14+/m0/s1. The first-order valence-electron chi connectivity index (χ1n) is 10.7. The molecule has 0 spiro atoms. The number of methoxy groups -OCH3 is 1. The summed E-state index contributed by atoms with van der Waals surface area (Å²) in [4.78, 5) is 35.4. The van der Waals surface area contributed by atoms with Gasteiger partial charge >= 0.3 is 6.09 Å². The normalized spacial score (nSPS) is 17.3. The van der Waals surface area contributed by atoms with Crippen molar-refractivity contribution in [2.24, 2.45) is 0 Å². The SMILES string of the molecule is COc1cc(O)c(C=O)c(OCC(=O)Nc2cc([C@H]3CC[C@@H](OC(=O)N(O)C(C)C)C3)[nH]n2)c1. The Labute approximate surface area is 195 Å². The number of rotatable bonds is 9. The van der Waals surface area contributed by atoms with Gasteiger partial charge in [0.15, 0.2) is 18.7 Å². The first-order valence-corrected chi connectivity index (χ1v) is 10.7. The number of phenols is 1. The zero-order valence-electron chi connectivity index (χ0n) is 19.1. The van der Waals surface area contributed by atoms with Crippen LogP contribution < -0.4 is 14.8 Å². The third-order valence-electron chi connectivity index (χ3n) is 5.44. The van der Waals surface area contributed by atoms with Crippen LogP contribution in [0.5, 0.6) is 17.2 Å². The van der Waals surface area contributed by atoms with Gasteiger partial charge in [-0.2, -0.15) is 10.2 Å². The molecule has 1 fully saturated rings. The third-order valence-corrected chi connectivity index (χ3v) is 5.44. The maximum Gasteiger partial charge on any atom is 0.434 e. The van der Waals surface area contributed by atoms with Crippen molar-refractivity contribution in [3.8, 4) is 17.2 Å². The molecule has 1 heterocycles. The van der Waals surface area contributed by atoms with Crippen molar-refractivity contribution in [2.75, 3.05) is 19.0 Å². The predicted octanol–water partition coefficient (Wildman–Crippen LogP) is 2.83. The number of aldehydes is 1. The van der Waals surface area contributed by atoms with Crippen LogP contribution in [0.1, 0.15) is 55.1 Å². The van der Waals surface area contributed by atoms with E-state index in [4.69, 9.17) is 14.2 Å². The Balaban J connectivity index is 1.53. The monoisotopic (exact) mass is 476 g/mol. The zero-order chi connectivity index (χ0) is 24.8. The number of anilines is 1. The smallest absolute Gasteiger partial charge is 0.434 e. The average Bonchev–Trinajstić information content (AvgIpc) is 3.46. The Hall–Kier alpha value is -3.80. The van der Waals surface area contributed by atoms with E-state index in [0.717, 1.165) is 12.1 Å². The topological polar surface area (TPSA) is 163 Å². The Kier molecular flexibility index (Phi) is 7.95. The van der Waals surface area contributed by atoms with Gasteiger partial charge in [-0.15, -0.1) is 0 Å². The number of aromatic amines is 1. The number of carbonyl (C=O) groups excluding carboxylic acids is 3. The van der Waals surface area contributed by atoms with Crippen molar-refractivity contribution in [3.05, 3.63) is 29.5 Å². The lowest BCUT2D eigenvalue weighted by Gasteiger charge is -2.21. The second kappa shape index (κ2) is 10.9. The largest absolute Gasteiger partial charge is 0.507 e. The number of carbonyl (C=O) groups is 3. The van der Waals surface area contributed by atoms with Gasteiger partial charge < -0.3 is 24.6 Å². The molecular formula is C22H28N4O8. The molecule has 3 rings (SSSR count). The molecule has 184 valence electrons. The lowest BCUT2D eigenvalue weighted by atomic mass is 10.0. The number of hydrogen-bond acceptors (Lipinski definition) is 9. The summed E-state index contributed by atoms with van der Waals surface area (Å²) in [7, 11) is 1.39. The molecule has 0 aliphatic heterocycles. The summed E-state index contributed by atoms with van der Waals surface area (Å²) >= 11 is 0. The first kappa shape index (κ1) is 24.8. The number of hydroxylamine groups is 2. The second-order valence-electron chi connectivity index (χ2n) is 8.18. The third kappa shape index (κ3) is 5.95. The molecule has 12 heteroatoms. The molecule has 34 heavy (non-hydrogen) atoms. The molecular weight excluding hydrogens is 448 g/mol. The van der Waals surface area contributed by atoms with Crippen LogP contribution >= 0.6 is 0 Å². The molecule has 0 bridgehead atoms. The molecule has 2 amide bonds. The van der Waals surface area contributed by atoms with Gasteiger partial charge in [-0.05, 0) is 33.1 Å². The molecule has 1 saturated carbocycles. The van der Waals surface area contributed by atoms with E-state index < -0.39 is 18.6 Å². The highest BCUT2D eigenvalue weighted by molar-refractivity contribution is 5.91. The van der Waals surface area contributed by atoms with Gasteiger partial charge in [0, 0.05) is 29.8 Å². The molecule has 0 unspecified atom stereocenters. The molecule has 0 saturated heterocycles. The average molecular weight is 476 g/mol. The Morgan fingerprint density at radius 1 is 1.32 bits per heavy atom. The van der Waals surface area contributed by atoms with Crippen molar-refractivity contribution in [2.45, 2.75) is 51.2 Å². The minimum atomic E-state index is -0.777. The molecule has 12 nitrogen and oxygen atoms in total. The Bertz CT molecular complexity index is 1040. The van der Waals surface area contributed by atoms with Crippen molar-refractivity contribution >= 4 is 24.1 Å². The van der Waals surface area contributed by atoms with Crippen molar-refractivity contribution in [3.63, 3.8) is 0 Å². The molecule has 2 aromatic rings. The highest BCUT2D eigenvalue weighted by atomic mass is 16.6. The number of nitrogens with one attached hydrogen (secondary N) is 2. The van der Waals surface area contributed by atoms with Gasteiger partial charge in [-0.25, -0.2) is 4.79 Å². The van der Waals surface area contributed by atoms with Crippen LogP contribution in [0.3, 0.4) is 0 Å². The van der Waals surface area contributed by atoms with Gasteiger partial charge in [0.1, 0.15) is 23.4 Å². The first-order chi connectivity index (χ1) is 16.2. The Morgan fingerprint density at radius 2 is 2.09 bits per heavy atom. The van der Waals surface area contributed by atoms with Crippen molar-refractivity contribution < 1.29 is 38.9 Å². The molecule has 1 aliphatic carbocycles. The maximum absolute atomic E-state index is 12.3. The highest BCUT2D eigenvalue weighted by Gasteiger charge is 2.31. The minimum Gasteiger partial charge on any atom is -0.507 e. The number of hydrogen-bond donors (Lipinski definition) is 4. The number of H-pyrrole nitrogens is 1. The summed E-state index contributed by atoms with van der Waals surface area (Å²) < 4.78 is 15.8. The number of ether oxygens (including phenoxy) is 3. The van der Waals surface area contributed by atoms with Gasteiger partial charge in [-0.1, -0.05) is 0 Å². The van der Waals surface area contributed by atoms with E-state index in [-0.39, 0.29) is 46.7 Å². The van der Waals surface area contributed by atoms with Crippen LogP contribution in [0.2, 0.25) is 0 Å². The zero-order valence-corrected chi connectivity index (χ0v) is 19.1. The highest BCUT2D eigenvalue weighted by Crippen LogP contribution is 2.36. The van der Waals surface area contributed by atoms with Crippen LogP contribution in [0, 0.1) is 0 Å². The van der Waals surface area contributed by atoms with E-state index in [0.29, 0.717) is 24.2 Å². The van der Waals surface area contributed by atoms with E-state index in [1.807, 2.05) is 0 Å². The fourth-order valence-corrected chi connectivity index (χ4v) is 3.61. The lowest BCUT2D eigenvalue weighted by molar-refractivity contribution is -0.118. The fourth-order valence-electron chi connectivity index (χ4n) is 3.61. The van der Waals surface area contributed by atoms with E-state index >= 15 is 0 Å². The summed E-state index contributed by atoms with van der Waals surface area (Å²) in [6.07, 6.45) is 1.27. The molecule has 1 aromatic heterocycles. The number of nitrogens with zero attached hydrogens (tertiary/aromatic N) is 2. The van der Waals surface area contributed by atoms with Crippen molar-refractivity contribution in [1.29, 1.82) is 0 Å². The molecule has 0 radical (unpaired) electrons. The van der Waals surface area contributed by atoms with Crippen LogP contribution in [0.25, 0.3) is 0 Å². The number of aromatic nitrogens is 2. The Morgan fingerprint density at radius 3 is 2.76 bits per heavy atom. The van der Waals surface area contributed by atoms with E-state index in [1.54, 1.807) is 19.9 Å². The van der Waals surface area contributed by atoms with Gasteiger partial charge in [0.05, 0.1) is 18.7 Å². The minimum absolute atomic E-state index is 0.00942. The maximum atomic E-state index is 12.3. The predicted molar refractivity (Wildman–Crippen MR) is 118 cm³/mol. The van der Waals surface area contributed by atoms with E-state index in [2.05, 4.69) is 15.5 Å². The lowest BCUT2D eigenvalue weighted by Crippen LogP contribution is -2.36. The van der Waals surface area contributed by atoms with Gasteiger partial charge in [-0.3, -0.25) is 19.9 Å². The summed E-state index contributed by atoms with van der Waals surface area (Å²) in [5, 5.41) is 29.7. The summed E-state index contributed by atoms with van der Waals surface area (Å²) in [5.74, 6) is -0.227. The summed E-state index contributed by atoms with van der Waals surface area (Å²) in [5.41, 5.74) is 0.685. The molecule has 1 aliphatic rings. The van der Waals surface area contributed by atoms with Crippen LogP contribution in [0.15, 0.2) is 18.2 Å². The van der Waals surface area contributed by atoms with Gasteiger partial charge in [0.25, 0.3) is 5.91 Å². The van der Waals surface area contributed by atoms with Crippen molar-refractivity contribution in [1.82, 2.24) is 15.3 Å². The number of amides is 2. The number of phenolic OH excluding ortho intramolecular Hbond substituents is 1. The number of benzene rings is 1. The number of aromatic hydroxyl groups is 1. The fraction of sp³-hybridized carbons (Fsp3) is 0.455. The summed E-state index contributed by atoms with van der Waals surface area (Å²) in [6, 6.07) is 3.96.